The molecule has 0 atom stereocenters. The molecule has 35 heavy (non-hydrogen) atoms. The summed E-state index contributed by atoms with van der Waals surface area (Å²) in [5, 5.41) is 10.1. The molecule has 1 fully saturated rings. The number of aromatic amines is 1. The normalized spacial score (nSPS) is 13.4. The Kier molecular flexibility index (Phi) is 5.86. The molecule has 1 aliphatic rings. The quantitative estimate of drug-likeness (QED) is 0.392. The summed E-state index contributed by atoms with van der Waals surface area (Å²) < 4.78 is 27.0. The molecule has 0 bridgehead atoms. The number of aromatic nitrogens is 3. The maximum Gasteiger partial charge on any atom is 0.264 e. The lowest BCUT2D eigenvalue weighted by molar-refractivity contribution is 0.102. The first-order valence-corrected chi connectivity index (χ1v) is 12.7. The maximum atomic E-state index is 12.9. The van der Waals surface area contributed by atoms with Crippen molar-refractivity contribution in [3.8, 4) is 11.4 Å². The second-order valence-electron chi connectivity index (χ2n) is 8.68. The Balaban J connectivity index is 1.25. The SMILES string of the molecule is Cc1ccc(S(=O)(=O)N(C)c2ccc(C(=O)Nc3ccc(-c4n[nH]c(C5CC5)n4)cc3)cc2)cc1. The first kappa shape index (κ1) is 22.8. The monoisotopic (exact) mass is 487 g/mol. The summed E-state index contributed by atoms with van der Waals surface area (Å²) in [5.41, 5.74) is 3.37. The van der Waals surface area contributed by atoms with Crippen LogP contribution in [0, 0.1) is 6.92 Å². The second-order valence-corrected chi connectivity index (χ2v) is 10.7. The van der Waals surface area contributed by atoms with Crippen molar-refractivity contribution in [2.45, 2.75) is 30.6 Å². The number of hydrogen-bond acceptors (Lipinski definition) is 5. The molecule has 8 nitrogen and oxygen atoms in total. The van der Waals surface area contributed by atoms with Crippen molar-refractivity contribution < 1.29 is 13.2 Å². The summed E-state index contributed by atoms with van der Waals surface area (Å²) in [7, 11) is -2.20. The summed E-state index contributed by atoms with van der Waals surface area (Å²) in [6.45, 7) is 1.90. The lowest BCUT2D eigenvalue weighted by atomic mass is 10.1. The van der Waals surface area contributed by atoms with Gasteiger partial charge in [0, 0.05) is 29.8 Å². The minimum atomic E-state index is -3.70. The van der Waals surface area contributed by atoms with Crippen molar-refractivity contribution in [1.82, 2.24) is 15.2 Å². The van der Waals surface area contributed by atoms with Gasteiger partial charge < -0.3 is 5.32 Å². The predicted molar refractivity (Wildman–Crippen MR) is 135 cm³/mol. The van der Waals surface area contributed by atoms with Gasteiger partial charge in [0.25, 0.3) is 15.9 Å². The molecule has 1 aliphatic carbocycles. The van der Waals surface area contributed by atoms with E-state index in [2.05, 4.69) is 20.5 Å². The van der Waals surface area contributed by atoms with Gasteiger partial charge in [0.15, 0.2) is 5.82 Å². The molecule has 0 radical (unpaired) electrons. The van der Waals surface area contributed by atoms with Crippen LogP contribution in [0.25, 0.3) is 11.4 Å². The Morgan fingerprint density at radius 1 is 0.971 bits per heavy atom. The standard InChI is InChI=1S/C26H25N5O3S/c1-17-3-15-23(16-4-17)35(33,34)31(2)22-13-9-20(10-14-22)26(32)27-21-11-7-19(8-12-21)25-28-24(29-30-25)18-5-6-18/h3-4,7-16,18H,5-6H2,1-2H3,(H,27,32)(H,28,29,30). The van der Waals surface area contributed by atoms with Gasteiger partial charge in [0.2, 0.25) is 0 Å². The van der Waals surface area contributed by atoms with E-state index >= 15 is 0 Å². The second kappa shape index (κ2) is 8.99. The average molecular weight is 488 g/mol. The van der Waals surface area contributed by atoms with Gasteiger partial charge in [-0.1, -0.05) is 17.7 Å². The molecule has 1 aromatic heterocycles. The molecule has 0 spiro atoms. The molecule has 0 saturated heterocycles. The van der Waals surface area contributed by atoms with Gasteiger partial charge in [-0.05, 0) is 80.4 Å². The van der Waals surface area contributed by atoms with Crippen LogP contribution in [0.15, 0.2) is 77.7 Å². The van der Waals surface area contributed by atoms with Crippen LogP contribution < -0.4 is 9.62 Å². The Morgan fingerprint density at radius 3 is 2.26 bits per heavy atom. The van der Waals surface area contributed by atoms with E-state index < -0.39 is 10.0 Å². The number of hydrogen-bond donors (Lipinski definition) is 2. The molecule has 5 rings (SSSR count). The minimum Gasteiger partial charge on any atom is -0.322 e. The molecular formula is C26H25N5O3S. The van der Waals surface area contributed by atoms with Crippen LogP contribution in [0.5, 0.6) is 0 Å². The highest BCUT2D eigenvalue weighted by Crippen LogP contribution is 2.38. The molecule has 9 heteroatoms. The summed E-state index contributed by atoms with van der Waals surface area (Å²) in [5.74, 6) is 1.79. The molecule has 0 unspecified atom stereocenters. The highest BCUT2D eigenvalue weighted by atomic mass is 32.2. The highest BCUT2D eigenvalue weighted by Gasteiger charge is 2.27. The first-order chi connectivity index (χ1) is 16.8. The Bertz CT molecular complexity index is 1460. The van der Waals surface area contributed by atoms with Gasteiger partial charge in [0.05, 0.1) is 10.6 Å². The number of aryl methyl sites for hydroxylation is 1. The number of nitrogens with zero attached hydrogens (tertiary/aromatic N) is 3. The molecule has 2 N–H and O–H groups in total. The number of carbonyl (C=O) groups is 1. The zero-order chi connectivity index (χ0) is 24.6. The van der Waals surface area contributed by atoms with Crippen LogP contribution in [-0.2, 0) is 10.0 Å². The maximum absolute atomic E-state index is 12.9. The Morgan fingerprint density at radius 2 is 1.63 bits per heavy atom. The third-order valence-electron chi connectivity index (χ3n) is 6.04. The fraction of sp³-hybridized carbons (Fsp3) is 0.192. The lowest BCUT2D eigenvalue weighted by Crippen LogP contribution is -2.26. The number of H-pyrrole nitrogens is 1. The molecular weight excluding hydrogens is 462 g/mol. The molecule has 3 aromatic carbocycles. The van der Waals surface area contributed by atoms with E-state index in [-0.39, 0.29) is 10.8 Å². The number of carbonyl (C=O) groups excluding carboxylic acids is 1. The number of amides is 1. The lowest BCUT2D eigenvalue weighted by Gasteiger charge is -2.20. The predicted octanol–water partition coefficient (Wildman–Crippen LogP) is 4.73. The Hall–Kier alpha value is -3.98. The number of sulfonamides is 1. The van der Waals surface area contributed by atoms with Gasteiger partial charge in [-0.2, -0.15) is 5.10 Å². The van der Waals surface area contributed by atoms with Crippen LogP contribution in [0.2, 0.25) is 0 Å². The fourth-order valence-electron chi connectivity index (χ4n) is 3.68. The van der Waals surface area contributed by atoms with Crippen LogP contribution >= 0.6 is 0 Å². The van der Waals surface area contributed by atoms with Gasteiger partial charge in [-0.15, -0.1) is 0 Å². The van der Waals surface area contributed by atoms with Gasteiger partial charge in [0.1, 0.15) is 5.82 Å². The van der Waals surface area contributed by atoms with Crippen LogP contribution in [0.4, 0.5) is 11.4 Å². The largest absolute Gasteiger partial charge is 0.322 e. The van der Waals surface area contributed by atoms with Gasteiger partial charge in [-0.25, -0.2) is 13.4 Å². The van der Waals surface area contributed by atoms with E-state index in [1.165, 1.54) is 11.4 Å². The topological polar surface area (TPSA) is 108 Å². The zero-order valence-electron chi connectivity index (χ0n) is 19.4. The number of benzene rings is 3. The molecule has 1 heterocycles. The third-order valence-corrected chi connectivity index (χ3v) is 7.84. The molecule has 178 valence electrons. The van der Waals surface area contributed by atoms with Crippen molar-refractivity contribution in [2.24, 2.45) is 0 Å². The van der Waals surface area contributed by atoms with E-state index in [0.717, 1.165) is 29.8 Å². The number of rotatable bonds is 7. The molecule has 1 amide bonds. The van der Waals surface area contributed by atoms with E-state index in [4.69, 9.17) is 0 Å². The van der Waals surface area contributed by atoms with Crippen molar-refractivity contribution in [2.75, 3.05) is 16.7 Å². The van der Waals surface area contributed by atoms with Gasteiger partial charge >= 0.3 is 0 Å². The van der Waals surface area contributed by atoms with E-state index in [0.29, 0.717) is 28.7 Å². The first-order valence-electron chi connectivity index (χ1n) is 11.3. The van der Waals surface area contributed by atoms with Crippen molar-refractivity contribution in [3.63, 3.8) is 0 Å². The summed E-state index contributed by atoms with van der Waals surface area (Å²) in [4.78, 5) is 17.5. The van der Waals surface area contributed by atoms with Gasteiger partial charge in [-0.3, -0.25) is 14.2 Å². The van der Waals surface area contributed by atoms with Crippen molar-refractivity contribution in [1.29, 1.82) is 0 Å². The van der Waals surface area contributed by atoms with Crippen LogP contribution in [0.1, 0.15) is 40.5 Å². The van der Waals surface area contributed by atoms with Crippen LogP contribution in [0.3, 0.4) is 0 Å². The summed E-state index contributed by atoms with van der Waals surface area (Å²) >= 11 is 0. The molecule has 4 aromatic rings. The van der Waals surface area contributed by atoms with Crippen molar-refractivity contribution >= 4 is 27.3 Å². The molecule has 0 aliphatic heterocycles. The minimum absolute atomic E-state index is 0.213. The third kappa shape index (κ3) is 4.81. The van der Waals surface area contributed by atoms with Crippen molar-refractivity contribution in [3.05, 3.63) is 89.7 Å². The summed E-state index contributed by atoms with van der Waals surface area (Å²) in [6, 6.07) is 20.5. The average Bonchev–Trinajstić information content (AvgIpc) is 3.61. The van der Waals surface area contributed by atoms with Crippen LogP contribution in [-0.4, -0.2) is 36.6 Å². The Labute approximate surface area is 204 Å². The molecule has 1 saturated carbocycles. The van der Waals surface area contributed by atoms with E-state index in [9.17, 15) is 13.2 Å². The smallest absolute Gasteiger partial charge is 0.264 e. The number of nitrogens with one attached hydrogen (secondary N) is 2. The fourth-order valence-corrected chi connectivity index (χ4v) is 4.87. The zero-order valence-corrected chi connectivity index (χ0v) is 20.2. The van der Waals surface area contributed by atoms with E-state index in [1.807, 2.05) is 19.1 Å². The van der Waals surface area contributed by atoms with E-state index in [1.54, 1.807) is 60.7 Å². The number of anilines is 2. The highest BCUT2D eigenvalue weighted by molar-refractivity contribution is 7.92. The summed E-state index contributed by atoms with van der Waals surface area (Å²) in [6.07, 6.45) is 2.30.